The molecule has 0 bridgehead atoms. The van der Waals surface area contributed by atoms with Gasteiger partial charge in [0.15, 0.2) is 6.29 Å². The van der Waals surface area contributed by atoms with Gasteiger partial charge >= 0.3 is 0 Å². The maximum absolute atomic E-state index is 11.3. The Hall–Kier alpha value is -0.490. The summed E-state index contributed by atoms with van der Waals surface area (Å²) in [6.45, 7) is -1.46. The van der Waals surface area contributed by atoms with E-state index in [0.29, 0.717) is 0 Å². The van der Waals surface area contributed by atoms with Gasteiger partial charge in [0.05, 0.1) is 19.5 Å². The van der Waals surface area contributed by atoms with Gasteiger partial charge in [-0.05, 0) is 0 Å². The second-order valence-electron chi connectivity index (χ2n) is 6.45. The van der Waals surface area contributed by atoms with Crippen molar-refractivity contribution in [2.45, 2.75) is 61.3 Å². The van der Waals surface area contributed by atoms with Crippen LogP contribution in [0.3, 0.4) is 0 Å². The van der Waals surface area contributed by atoms with Crippen molar-refractivity contribution in [3.8, 4) is 0 Å². The van der Waals surface area contributed by atoms with Gasteiger partial charge < -0.3 is 50.0 Å². The van der Waals surface area contributed by atoms with Crippen LogP contribution in [0.1, 0.15) is 0 Å². The third kappa shape index (κ3) is 5.11. The van der Waals surface area contributed by atoms with Gasteiger partial charge in [-0.2, -0.15) is 4.72 Å². The van der Waals surface area contributed by atoms with Crippen molar-refractivity contribution in [2.75, 3.05) is 19.5 Å². The fourth-order valence-corrected chi connectivity index (χ4v) is 3.51. The third-order valence-corrected chi connectivity index (χ3v) is 4.99. The molecule has 8 N–H and O–H groups in total. The van der Waals surface area contributed by atoms with Gasteiger partial charge in [-0.15, -0.1) is 0 Å². The number of nitrogens with one attached hydrogen (secondary N) is 1. The smallest absolute Gasteiger partial charge is 0.210 e. The molecule has 13 nitrogen and oxygen atoms in total. The molecule has 14 heteroatoms. The molecule has 2 rings (SSSR count). The van der Waals surface area contributed by atoms with E-state index < -0.39 is 84.6 Å². The number of hydrogen-bond acceptors (Lipinski definition) is 12. The lowest BCUT2D eigenvalue weighted by atomic mass is 9.96. The van der Waals surface area contributed by atoms with Crippen LogP contribution in [-0.2, 0) is 24.2 Å². The van der Waals surface area contributed by atoms with Gasteiger partial charge in [0.1, 0.15) is 55.1 Å². The second kappa shape index (κ2) is 8.89. The lowest BCUT2D eigenvalue weighted by Crippen LogP contribution is -2.66. The van der Waals surface area contributed by atoms with Crippen molar-refractivity contribution in [2.24, 2.45) is 0 Å². The van der Waals surface area contributed by atoms with Crippen LogP contribution < -0.4 is 4.72 Å². The lowest BCUT2D eigenvalue weighted by Gasteiger charge is -2.46. The average Bonchev–Trinajstić information content (AvgIpc) is 2.60. The summed E-state index contributed by atoms with van der Waals surface area (Å²) in [7, 11) is -3.81. The molecule has 2 fully saturated rings. The second-order valence-corrected chi connectivity index (χ2v) is 8.23. The van der Waals surface area contributed by atoms with Crippen LogP contribution in [0.4, 0.5) is 0 Å². The number of aliphatic hydroxyl groups excluding tert-OH is 7. The summed E-state index contributed by atoms with van der Waals surface area (Å²) in [4.78, 5) is 0. The van der Waals surface area contributed by atoms with E-state index in [1.807, 2.05) is 4.72 Å². The summed E-state index contributed by atoms with van der Waals surface area (Å²) in [5.74, 6) is 0. The van der Waals surface area contributed by atoms with Crippen molar-refractivity contribution >= 4 is 10.0 Å². The predicted molar refractivity (Wildman–Crippen MR) is 84.4 cm³/mol. The minimum absolute atomic E-state index is 0.707. The summed E-state index contributed by atoms with van der Waals surface area (Å²) in [5.41, 5.74) is 0. The highest BCUT2D eigenvalue weighted by Gasteiger charge is 2.50. The van der Waals surface area contributed by atoms with E-state index in [9.17, 15) is 44.2 Å². The molecule has 0 amide bonds. The van der Waals surface area contributed by atoms with E-state index in [0.717, 1.165) is 6.26 Å². The van der Waals surface area contributed by atoms with Crippen LogP contribution >= 0.6 is 0 Å². The van der Waals surface area contributed by atoms with Crippen molar-refractivity contribution in [1.29, 1.82) is 0 Å². The molecule has 0 aliphatic carbocycles. The van der Waals surface area contributed by atoms with Crippen LogP contribution in [0, 0.1) is 0 Å². The summed E-state index contributed by atoms with van der Waals surface area (Å²) in [6, 6.07) is 0. The molecular weight excluding hydrogens is 394 g/mol. The zero-order valence-electron chi connectivity index (χ0n) is 14.3. The van der Waals surface area contributed by atoms with Gasteiger partial charge in [0.2, 0.25) is 10.0 Å². The van der Waals surface area contributed by atoms with E-state index in [1.54, 1.807) is 0 Å². The SMILES string of the molecule is CS(=O)(=O)N[C@@H]1O[C@H](CO)[C@@H](O[C@@H]2O[C@H](CO)[C@H](O)[C@H](O)[C@H]2O)[C@H](O)[C@H]1O. The molecule has 0 radical (unpaired) electrons. The van der Waals surface area contributed by atoms with Gasteiger partial charge in [0.25, 0.3) is 0 Å². The Morgan fingerprint density at radius 2 is 1.44 bits per heavy atom. The standard InChI is InChI=1S/C13H25NO12S/c1-27(22,23)14-12-9(20)8(19)11(5(3-16)24-12)26-13-10(21)7(18)6(17)4(2-15)25-13/h4-21H,2-3H2,1H3/t4-,5-,6+,7+,8-,9-,10-,11-,12-,13+/m1/s1. The quantitative estimate of drug-likeness (QED) is 0.202. The first-order chi connectivity index (χ1) is 12.5. The Balaban J connectivity index is 2.15. The number of aliphatic hydroxyl groups is 7. The van der Waals surface area contributed by atoms with Crippen LogP contribution in [0.5, 0.6) is 0 Å². The fraction of sp³-hybridized carbons (Fsp3) is 1.00. The van der Waals surface area contributed by atoms with Gasteiger partial charge in [-0.3, -0.25) is 0 Å². The molecule has 10 atom stereocenters. The molecule has 2 saturated heterocycles. The molecule has 0 aromatic rings. The third-order valence-electron chi connectivity index (χ3n) is 4.33. The Morgan fingerprint density at radius 1 is 0.852 bits per heavy atom. The molecule has 2 aliphatic rings. The molecular formula is C13H25NO12S. The highest BCUT2D eigenvalue weighted by Crippen LogP contribution is 2.28. The monoisotopic (exact) mass is 419 g/mol. The highest BCUT2D eigenvalue weighted by molar-refractivity contribution is 7.88. The number of rotatable bonds is 6. The molecule has 0 saturated carbocycles. The van der Waals surface area contributed by atoms with E-state index in [2.05, 4.69) is 0 Å². The zero-order valence-corrected chi connectivity index (χ0v) is 15.1. The van der Waals surface area contributed by atoms with Crippen molar-refractivity contribution in [3.05, 3.63) is 0 Å². The number of hydrogen-bond donors (Lipinski definition) is 8. The predicted octanol–water partition coefficient (Wildman–Crippen LogP) is -5.84. The normalized spacial score (nSPS) is 46.4. The molecule has 2 aliphatic heterocycles. The Morgan fingerprint density at radius 3 is 1.96 bits per heavy atom. The molecule has 2 heterocycles. The van der Waals surface area contributed by atoms with Crippen molar-refractivity contribution in [3.63, 3.8) is 0 Å². The zero-order chi connectivity index (χ0) is 20.5. The molecule has 0 aromatic carbocycles. The Labute approximate surface area is 154 Å². The van der Waals surface area contributed by atoms with Crippen LogP contribution in [0.25, 0.3) is 0 Å². The first-order valence-corrected chi connectivity index (χ1v) is 9.95. The maximum atomic E-state index is 11.3. The van der Waals surface area contributed by atoms with Crippen molar-refractivity contribution in [1.82, 2.24) is 4.72 Å². The van der Waals surface area contributed by atoms with Gasteiger partial charge in [-0.25, -0.2) is 8.42 Å². The van der Waals surface area contributed by atoms with Gasteiger partial charge in [0, 0.05) is 0 Å². The molecule has 27 heavy (non-hydrogen) atoms. The number of ether oxygens (including phenoxy) is 3. The van der Waals surface area contributed by atoms with Crippen LogP contribution in [0.2, 0.25) is 0 Å². The Bertz CT molecular complexity index is 586. The van der Waals surface area contributed by atoms with Crippen LogP contribution in [0.15, 0.2) is 0 Å². The van der Waals surface area contributed by atoms with E-state index in [1.165, 1.54) is 0 Å². The highest BCUT2D eigenvalue weighted by atomic mass is 32.2. The summed E-state index contributed by atoms with van der Waals surface area (Å²) in [6.07, 6.45) is -15.2. The molecule has 160 valence electrons. The van der Waals surface area contributed by atoms with Gasteiger partial charge in [-0.1, -0.05) is 0 Å². The largest absolute Gasteiger partial charge is 0.394 e. The minimum Gasteiger partial charge on any atom is -0.394 e. The molecule has 0 unspecified atom stereocenters. The Kier molecular flexibility index (Phi) is 7.51. The topological polar surface area (TPSA) is 215 Å². The van der Waals surface area contributed by atoms with E-state index >= 15 is 0 Å². The maximum Gasteiger partial charge on any atom is 0.210 e. The molecule has 0 aromatic heterocycles. The van der Waals surface area contributed by atoms with E-state index in [-0.39, 0.29) is 0 Å². The average molecular weight is 419 g/mol. The minimum atomic E-state index is -3.81. The first-order valence-electron chi connectivity index (χ1n) is 8.06. The molecule has 0 spiro atoms. The fourth-order valence-electron chi connectivity index (χ4n) is 2.90. The number of sulfonamides is 1. The van der Waals surface area contributed by atoms with Crippen molar-refractivity contribution < 1.29 is 58.4 Å². The summed E-state index contributed by atoms with van der Waals surface area (Å²) in [5, 5.41) is 68.5. The van der Waals surface area contributed by atoms with E-state index in [4.69, 9.17) is 14.2 Å². The summed E-state index contributed by atoms with van der Waals surface area (Å²) < 4.78 is 40.3. The van der Waals surface area contributed by atoms with Crippen LogP contribution in [-0.4, -0.2) is 125 Å². The first kappa shape index (κ1) is 22.8. The lowest BCUT2D eigenvalue weighted by molar-refractivity contribution is -0.342. The summed E-state index contributed by atoms with van der Waals surface area (Å²) >= 11 is 0.